The standard InChI is InChI=1S/C7H11N3O2S2/c1-5(11)9-10-6(12)4-14-7-8-2-3-13-7/h2-4H2,1H3,(H,9,11)(H,10,12). The number of aliphatic imine (C=N–C) groups is 1. The number of hydrogen-bond acceptors (Lipinski definition) is 5. The van der Waals surface area contributed by atoms with Crippen LogP contribution in [0.5, 0.6) is 0 Å². The number of carbonyl (C=O) groups is 2. The Balaban J connectivity index is 2.11. The van der Waals surface area contributed by atoms with Crippen molar-refractivity contribution in [3.63, 3.8) is 0 Å². The van der Waals surface area contributed by atoms with Gasteiger partial charge in [0.1, 0.15) is 4.38 Å². The van der Waals surface area contributed by atoms with Crippen LogP contribution in [-0.2, 0) is 9.59 Å². The van der Waals surface area contributed by atoms with E-state index < -0.39 is 0 Å². The summed E-state index contributed by atoms with van der Waals surface area (Å²) in [5, 5.41) is 0. The van der Waals surface area contributed by atoms with Crippen LogP contribution in [0.15, 0.2) is 4.99 Å². The van der Waals surface area contributed by atoms with Crippen molar-refractivity contribution in [1.82, 2.24) is 10.9 Å². The molecule has 2 N–H and O–H groups in total. The fourth-order valence-electron chi connectivity index (χ4n) is 0.724. The van der Waals surface area contributed by atoms with Crippen molar-refractivity contribution in [2.45, 2.75) is 6.92 Å². The molecule has 2 amide bonds. The Bertz CT molecular complexity index is 268. The second-order valence-electron chi connectivity index (χ2n) is 2.51. The number of hydrazine groups is 1. The molecule has 1 heterocycles. The predicted octanol–water partition coefficient (Wildman–Crippen LogP) is -0.0103. The molecule has 0 unspecified atom stereocenters. The number of thioether (sulfide) groups is 2. The van der Waals surface area contributed by atoms with Gasteiger partial charge in [-0.3, -0.25) is 25.4 Å². The largest absolute Gasteiger partial charge is 0.274 e. The molecule has 0 spiro atoms. The summed E-state index contributed by atoms with van der Waals surface area (Å²) in [6.45, 7) is 2.17. The van der Waals surface area contributed by atoms with E-state index in [1.807, 2.05) is 0 Å². The molecular formula is C7H11N3O2S2. The van der Waals surface area contributed by atoms with Crippen LogP contribution in [0.3, 0.4) is 0 Å². The molecule has 78 valence electrons. The highest BCUT2D eigenvalue weighted by Crippen LogP contribution is 2.21. The minimum Gasteiger partial charge on any atom is -0.274 e. The Kier molecular flexibility index (Phi) is 4.81. The van der Waals surface area contributed by atoms with E-state index in [0.717, 1.165) is 16.7 Å². The normalized spacial score (nSPS) is 14.8. The zero-order valence-electron chi connectivity index (χ0n) is 7.70. The van der Waals surface area contributed by atoms with E-state index >= 15 is 0 Å². The number of nitrogens with one attached hydrogen (secondary N) is 2. The molecule has 7 heteroatoms. The quantitative estimate of drug-likeness (QED) is 0.658. The van der Waals surface area contributed by atoms with Crippen LogP contribution in [-0.4, -0.2) is 34.2 Å². The number of rotatable bonds is 2. The first-order valence-corrected chi connectivity index (χ1v) is 6.01. The molecule has 0 aromatic rings. The molecule has 0 atom stereocenters. The zero-order valence-corrected chi connectivity index (χ0v) is 9.33. The summed E-state index contributed by atoms with van der Waals surface area (Å²) in [6.07, 6.45) is 0. The number of carbonyl (C=O) groups excluding carboxylic acids is 2. The maximum Gasteiger partial charge on any atom is 0.248 e. The van der Waals surface area contributed by atoms with E-state index in [2.05, 4.69) is 15.8 Å². The van der Waals surface area contributed by atoms with Gasteiger partial charge < -0.3 is 0 Å². The minimum atomic E-state index is -0.282. The third-order valence-corrected chi connectivity index (χ3v) is 3.51. The van der Waals surface area contributed by atoms with E-state index in [1.54, 1.807) is 11.8 Å². The second kappa shape index (κ2) is 5.92. The van der Waals surface area contributed by atoms with Gasteiger partial charge in [-0.15, -0.1) is 0 Å². The molecule has 0 aromatic heterocycles. The average molecular weight is 233 g/mol. The smallest absolute Gasteiger partial charge is 0.248 e. The monoisotopic (exact) mass is 233 g/mol. The molecule has 14 heavy (non-hydrogen) atoms. The highest BCUT2D eigenvalue weighted by Gasteiger charge is 2.10. The first-order chi connectivity index (χ1) is 6.68. The Morgan fingerprint density at radius 1 is 1.57 bits per heavy atom. The van der Waals surface area contributed by atoms with E-state index in [1.165, 1.54) is 18.7 Å². The summed E-state index contributed by atoms with van der Waals surface area (Å²) >= 11 is 3.05. The maximum absolute atomic E-state index is 11.1. The first kappa shape index (κ1) is 11.4. The third-order valence-electron chi connectivity index (χ3n) is 1.26. The lowest BCUT2D eigenvalue weighted by Crippen LogP contribution is -2.41. The number of amides is 2. The Morgan fingerprint density at radius 2 is 2.36 bits per heavy atom. The molecule has 0 saturated heterocycles. The average Bonchev–Trinajstić information content (AvgIpc) is 2.63. The van der Waals surface area contributed by atoms with Crippen LogP contribution >= 0.6 is 23.5 Å². The predicted molar refractivity (Wildman–Crippen MR) is 59.2 cm³/mol. The lowest BCUT2D eigenvalue weighted by atomic mass is 10.7. The van der Waals surface area contributed by atoms with Crippen LogP contribution in [0.25, 0.3) is 0 Å². The van der Waals surface area contributed by atoms with Gasteiger partial charge in [-0.2, -0.15) is 0 Å². The molecule has 0 radical (unpaired) electrons. The molecule has 0 aliphatic carbocycles. The van der Waals surface area contributed by atoms with Gasteiger partial charge in [-0.25, -0.2) is 0 Å². The highest BCUT2D eigenvalue weighted by molar-refractivity contribution is 8.39. The lowest BCUT2D eigenvalue weighted by Gasteiger charge is -2.03. The molecule has 0 saturated carbocycles. The van der Waals surface area contributed by atoms with Crippen molar-refractivity contribution in [1.29, 1.82) is 0 Å². The summed E-state index contributed by atoms with van der Waals surface area (Å²) in [5.41, 5.74) is 4.50. The Hall–Kier alpha value is -0.690. The van der Waals surface area contributed by atoms with E-state index in [0.29, 0.717) is 0 Å². The summed E-state index contributed by atoms with van der Waals surface area (Å²) in [4.78, 5) is 25.7. The van der Waals surface area contributed by atoms with Crippen molar-refractivity contribution >= 4 is 39.7 Å². The van der Waals surface area contributed by atoms with Crippen LogP contribution in [0, 0.1) is 0 Å². The van der Waals surface area contributed by atoms with E-state index in [4.69, 9.17) is 0 Å². The van der Waals surface area contributed by atoms with Gasteiger partial charge in [-0.1, -0.05) is 23.5 Å². The van der Waals surface area contributed by atoms with Gasteiger partial charge in [0.2, 0.25) is 11.8 Å². The van der Waals surface area contributed by atoms with Crippen LogP contribution in [0.2, 0.25) is 0 Å². The third kappa shape index (κ3) is 4.52. The fourth-order valence-corrected chi connectivity index (χ4v) is 2.53. The van der Waals surface area contributed by atoms with Crippen LogP contribution < -0.4 is 10.9 Å². The SMILES string of the molecule is CC(=O)NNC(=O)CSC1=NCCS1. The molecule has 1 aliphatic rings. The van der Waals surface area contributed by atoms with Gasteiger partial charge in [0.25, 0.3) is 0 Å². The molecule has 0 aromatic carbocycles. The van der Waals surface area contributed by atoms with Crippen LogP contribution in [0.1, 0.15) is 6.92 Å². The Morgan fingerprint density at radius 3 is 2.93 bits per heavy atom. The summed E-state index contributed by atoms with van der Waals surface area (Å²) in [7, 11) is 0. The van der Waals surface area contributed by atoms with Crippen molar-refractivity contribution in [3.05, 3.63) is 0 Å². The Labute approximate surface area is 90.5 Å². The van der Waals surface area contributed by atoms with Gasteiger partial charge in [0, 0.05) is 12.7 Å². The van der Waals surface area contributed by atoms with Gasteiger partial charge in [-0.05, 0) is 0 Å². The molecule has 5 nitrogen and oxygen atoms in total. The highest BCUT2D eigenvalue weighted by atomic mass is 32.2. The molecule has 1 aliphatic heterocycles. The van der Waals surface area contributed by atoms with Crippen molar-refractivity contribution in [2.75, 3.05) is 18.1 Å². The summed E-state index contributed by atoms with van der Waals surface area (Å²) in [6, 6.07) is 0. The fraction of sp³-hybridized carbons (Fsp3) is 0.571. The van der Waals surface area contributed by atoms with E-state index in [9.17, 15) is 9.59 Å². The van der Waals surface area contributed by atoms with Crippen molar-refractivity contribution in [2.24, 2.45) is 4.99 Å². The van der Waals surface area contributed by atoms with Gasteiger partial charge in [0.05, 0.1) is 12.3 Å². The van der Waals surface area contributed by atoms with Gasteiger partial charge in [0.15, 0.2) is 0 Å². The molecule has 1 rings (SSSR count). The molecular weight excluding hydrogens is 222 g/mol. The number of hydrogen-bond donors (Lipinski definition) is 2. The molecule has 0 fully saturated rings. The van der Waals surface area contributed by atoms with Crippen molar-refractivity contribution in [3.8, 4) is 0 Å². The maximum atomic E-state index is 11.1. The first-order valence-electron chi connectivity index (χ1n) is 4.04. The van der Waals surface area contributed by atoms with Crippen molar-refractivity contribution < 1.29 is 9.59 Å². The minimum absolute atomic E-state index is 0.222. The second-order valence-corrected chi connectivity index (χ2v) is 4.82. The van der Waals surface area contributed by atoms with E-state index in [-0.39, 0.29) is 17.6 Å². The topological polar surface area (TPSA) is 70.6 Å². The zero-order chi connectivity index (χ0) is 10.4. The number of nitrogens with zero attached hydrogens (tertiary/aromatic N) is 1. The summed E-state index contributed by atoms with van der Waals surface area (Å²) < 4.78 is 0.947. The summed E-state index contributed by atoms with van der Waals surface area (Å²) in [5.74, 6) is 0.776. The van der Waals surface area contributed by atoms with Crippen LogP contribution in [0.4, 0.5) is 0 Å². The molecule has 0 bridgehead atoms. The van der Waals surface area contributed by atoms with Gasteiger partial charge >= 0.3 is 0 Å². The lowest BCUT2D eigenvalue weighted by molar-refractivity contribution is -0.126.